The molecule has 6 nitrogen and oxygen atoms in total. The van der Waals surface area contributed by atoms with Gasteiger partial charge in [0.25, 0.3) is 0 Å². The summed E-state index contributed by atoms with van der Waals surface area (Å²) < 4.78 is 9.70. The van der Waals surface area contributed by atoms with Gasteiger partial charge >= 0.3 is 5.97 Å². The molecule has 0 fully saturated rings. The van der Waals surface area contributed by atoms with E-state index in [9.17, 15) is 9.59 Å². The monoisotopic (exact) mass is 332 g/mol. The first-order valence-electron chi connectivity index (χ1n) is 7.95. The van der Waals surface area contributed by atoms with Crippen molar-refractivity contribution in [3.63, 3.8) is 0 Å². The van der Waals surface area contributed by atoms with E-state index in [4.69, 9.17) is 4.74 Å². The fourth-order valence-electron chi connectivity index (χ4n) is 2.61. The van der Waals surface area contributed by atoms with Crippen molar-refractivity contribution in [3.05, 3.63) is 35.5 Å². The van der Waals surface area contributed by atoms with Gasteiger partial charge in [0.05, 0.1) is 26.6 Å². The largest absolute Gasteiger partial charge is 0.469 e. The maximum absolute atomic E-state index is 12.6. The van der Waals surface area contributed by atoms with Gasteiger partial charge in [-0.25, -0.2) is 0 Å². The zero-order valence-corrected chi connectivity index (χ0v) is 14.4. The third kappa shape index (κ3) is 4.58. The quantitative estimate of drug-likeness (QED) is 0.751. The molecule has 0 aliphatic heterocycles. The first kappa shape index (κ1) is 18.0. The van der Waals surface area contributed by atoms with Crippen LogP contribution in [0.4, 0.5) is 0 Å². The van der Waals surface area contributed by atoms with Gasteiger partial charge in [-0.2, -0.15) is 0 Å². The molecule has 0 unspecified atom stereocenters. The summed E-state index contributed by atoms with van der Waals surface area (Å²) in [7, 11) is 2.93. The van der Waals surface area contributed by atoms with Gasteiger partial charge in [0.2, 0.25) is 5.91 Å². The van der Waals surface area contributed by atoms with Crippen LogP contribution < -0.4 is 0 Å². The average Bonchev–Trinajstić information content (AvgIpc) is 2.96. The van der Waals surface area contributed by atoms with Crippen molar-refractivity contribution in [2.75, 3.05) is 33.9 Å². The zero-order valence-electron chi connectivity index (χ0n) is 14.4. The zero-order chi connectivity index (χ0) is 17.5. The van der Waals surface area contributed by atoms with Crippen molar-refractivity contribution in [3.8, 4) is 0 Å². The molecule has 24 heavy (non-hydrogen) atoms. The van der Waals surface area contributed by atoms with Gasteiger partial charge in [-0.1, -0.05) is 12.1 Å². The minimum Gasteiger partial charge on any atom is -0.469 e. The van der Waals surface area contributed by atoms with Crippen molar-refractivity contribution in [1.29, 1.82) is 0 Å². The summed E-state index contributed by atoms with van der Waals surface area (Å²) in [5.41, 5.74) is 3.15. The van der Waals surface area contributed by atoms with Crippen LogP contribution in [-0.2, 0) is 25.5 Å². The molecule has 1 aromatic carbocycles. The Kier molecular flexibility index (Phi) is 6.37. The van der Waals surface area contributed by atoms with Gasteiger partial charge < -0.3 is 19.4 Å². The van der Waals surface area contributed by atoms with Crippen LogP contribution in [0.15, 0.2) is 24.4 Å². The number of aromatic amines is 1. The predicted molar refractivity (Wildman–Crippen MR) is 91.8 cm³/mol. The van der Waals surface area contributed by atoms with Crippen LogP contribution in [0, 0.1) is 6.92 Å². The Balaban J connectivity index is 2.08. The second-order valence-corrected chi connectivity index (χ2v) is 5.74. The highest BCUT2D eigenvalue weighted by molar-refractivity contribution is 5.89. The van der Waals surface area contributed by atoms with E-state index in [0.717, 1.165) is 16.5 Å². The molecule has 1 heterocycles. The Morgan fingerprint density at radius 3 is 2.71 bits per heavy atom. The Morgan fingerprint density at radius 2 is 2.00 bits per heavy atom. The van der Waals surface area contributed by atoms with Crippen LogP contribution in [0.3, 0.4) is 0 Å². The number of H-pyrrole nitrogens is 1. The number of methoxy groups -OCH3 is 2. The third-order valence-electron chi connectivity index (χ3n) is 4.00. The van der Waals surface area contributed by atoms with Crippen LogP contribution >= 0.6 is 0 Å². The normalized spacial score (nSPS) is 10.8. The molecular weight excluding hydrogens is 308 g/mol. The molecule has 2 rings (SSSR count). The predicted octanol–water partition coefficient (Wildman–Crippen LogP) is 2.06. The van der Waals surface area contributed by atoms with Crippen LogP contribution in [0.25, 0.3) is 10.9 Å². The highest BCUT2D eigenvalue weighted by Gasteiger charge is 2.17. The minimum absolute atomic E-state index is 0.0302. The molecule has 0 aliphatic rings. The van der Waals surface area contributed by atoms with Gasteiger partial charge in [0.1, 0.15) is 0 Å². The molecule has 130 valence electrons. The standard InChI is InChI=1S/C18H24N2O4/c1-13-4-5-15-14(12-19-16(15)10-13)11-17(21)20(8-9-23-2)7-6-18(22)24-3/h4-5,10,12,19H,6-9,11H2,1-3H3. The summed E-state index contributed by atoms with van der Waals surface area (Å²) in [4.78, 5) is 28.8. The topological polar surface area (TPSA) is 71.6 Å². The van der Waals surface area contributed by atoms with E-state index in [2.05, 4.69) is 15.8 Å². The number of aromatic nitrogens is 1. The fourth-order valence-corrected chi connectivity index (χ4v) is 2.61. The lowest BCUT2D eigenvalue weighted by molar-refractivity contribution is -0.141. The van der Waals surface area contributed by atoms with Crippen molar-refractivity contribution in [2.45, 2.75) is 19.8 Å². The number of amides is 1. The number of carbonyl (C=O) groups is 2. The number of nitrogens with zero attached hydrogens (tertiary/aromatic N) is 1. The number of hydrogen-bond acceptors (Lipinski definition) is 4. The first-order valence-corrected chi connectivity index (χ1v) is 7.95. The molecule has 0 bridgehead atoms. The fraction of sp³-hybridized carbons (Fsp3) is 0.444. The lowest BCUT2D eigenvalue weighted by Crippen LogP contribution is -2.36. The Hall–Kier alpha value is -2.34. The number of ether oxygens (including phenoxy) is 2. The molecule has 0 aliphatic carbocycles. The number of benzene rings is 1. The van der Waals surface area contributed by atoms with Crippen molar-refractivity contribution >= 4 is 22.8 Å². The molecule has 1 aromatic heterocycles. The number of esters is 1. The highest BCUT2D eigenvalue weighted by Crippen LogP contribution is 2.20. The maximum Gasteiger partial charge on any atom is 0.307 e. The third-order valence-corrected chi connectivity index (χ3v) is 4.00. The second-order valence-electron chi connectivity index (χ2n) is 5.74. The molecule has 0 saturated carbocycles. The number of carbonyl (C=O) groups excluding carboxylic acids is 2. The Bertz CT molecular complexity index is 708. The van der Waals surface area contributed by atoms with Crippen molar-refractivity contribution in [1.82, 2.24) is 9.88 Å². The van der Waals surface area contributed by atoms with E-state index < -0.39 is 0 Å². The molecule has 1 amide bonds. The molecule has 0 spiro atoms. The van der Waals surface area contributed by atoms with E-state index in [1.54, 1.807) is 12.0 Å². The summed E-state index contributed by atoms with van der Waals surface area (Å²) in [6, 6.07) is 6.12. The highest BCUT2D eigenvalue weighted by atomic mass is 16.5. The van der Waals surface area contributed by atoms with Crippen LogP contribution in [-0.4, -0.2) is 55.7 Å². The molecule has 0 atom stereocenters. The smallest absolute Gasteiger partial charge is 0.307 e. The summed E-state index contributed by atoms with van der Waals surface area (Å²) >= 11 is 0. The first-order chi connectivity index (χ1) is 11.5. The van der Waals surface area contributed by atoms with Gasteiger partial charge in [-0.3, -0.25) is 9.59 Å². The van der Waals surface area contributed by atoms with E-state index in [1.807, 2.05) is 25.3 Å². The van der Waals surface area contributed by atoms with E-state index in [1.165, 1.54) is 12.7 Å². The van der Waals surface area contributed by atoms with E-state index in [-0.39, 0.29) is 24.7 Å². The lowest BCUT2D eigenvalue weighted by atomic mass is 10.1. The summed E-state index contributed by atoms with van der Waals surface area (Å²) in [6.07, 6.45) is 2.34. The second kappa shape index (κ2) is 8.49. The number of rotatable bonds is 8. The number of fused-ring (bicyclic) bond motifs is 1. The Labute approximate surface area is 141 Å². The average molecular weight is 332 g/mol. The lowest BCUT2D eigenvalue weighted by Gasteiger charge is -2.22. The molecule has 2 aromatic rings. The van der Waals surface area contributed by atoms with Gasteiger partial charge in [0.15, 0.2) is 0 Å². The Morgan fingerprint density at radius 1 is 1.21 bits per heavy atom. The summed E-state index contributed by atoms with van der Waals surface area (Å²) in [5, 5.41) is 1.05. The maximum atomic E-state index is 12.6. The summed E-state index contributed by atoms with van der Waals surface area (Å²) in [5.74, 6) is -0.356. The van der Waals surface area contributed by atoms with Gasteiger partial charge in [0, 0.05) is 37.3 Å². The van der Waals surface area contributed by atoms with E-state index in [0.29, 0.717) is 19.7 Å². The molecular formula is C18H24N2O4. The van der Waals surface area contributed by atoms with Crippen LogP contribution in [0.2, 0.25) is 0 Å². The SMILES string of the molecule is COCCN(CCC(=O)OC)C(=O)Cc1c[nH]c2cc(C)ccc12. The molecule has 0 saturated heterocycles. The van der Waals surface area contributed by atoms with Gasteiger partial charge in [-0.05, 0) is 24.1 Å². The minimum atomic E-state index is -0.326. The van der Waals surface area contributed by atoms with Crippen molar-refractivity contribution < 1.29 is 19.1 Å². The van der Waals surface area contributed by atoms with Crippen LogP contribution in [0.5, 0.6) is 0 Å². The number of nitrogens with one attached hydrogen (secondary N) is 1. The molecule has 0 radical (unpaired) electrons. The number of hydrogen-bond donors (Lipinski definition) is 1. The van der Waals surface area contributed by atoms with Gasteiger partial charge in [-0.15, -0.1) is 0 Å². The molecule has 1 N–H and O–H groups in total. The van der Waals surface area contributed by atoms with E-state index >= 15 is 0 Å². The summed E-state index contributed by atoms with van der Waals surface area (Å²) in [6.45, 7) is 3.24. The van der Waals surface area contributed by atoms with Crippen LogP contribution in [0.1, 0.15) is 17.5 Å². The van der Waals surface area contributed by atoms with Crippen molar-refractivity contribution in [2.24, 2.45) is 0 Å². The number of aryl methyl sites for hydroxylation is 1. The molecule has 6 heteroatoms.